The Hall–Kier alpha value is -2.49. The average molecular weight is 269 g/mol. The maximum absolute atomic E-state index is 11.3. The van der Waals surface area contributed by atoms with E-state index in [0.29, 0.717) is 31.1 Å². The molecule has 0 aromatic heterocycles. The van der Waals surface area contributed by atoms with Crippen molar-refractivity contribution in [2.75, 3.05) is 6.54 Å². The number of ether oxygens (including phenoxy) is 1. The predicted octanol–water partition coefficient (Wildman–Crippen LogP) is 2.79. The molecule has 1 aliphatic rings. The van der Waals surface area contributed by atoms with Crippen molar-refractivity contribution in [3.63, 3.8) is 0 Å². The van der Waals surface area contributed by atoms with E-state index < -0.39 is 0 Å². The maximum Gasteiger partial charge on any atom is 0.257 e. The fraction of sp³-hybridized carbons (Fsp3) is 0.188. The second-order valence-electron chi connectivity index (χ2n) is 4.56. The van der Waals surface area contributed by atoms with Crippen molar-refractivity contribution in [2.24, 2.45) is 0 Å². The van der Waals surface area contributed by atoms with Crippen LogP contribution in [0.4, 0.5) is 0 Å². The number of benzene rings is 2. The molecule has 0 radical (unpaired) electrons. The Bertz CT molecular complexity index is 598. The van der Waals surface area contributed by atoms with Gasteiger partial charge in [-0.25, -0.2) is 0 Å². The van der Waals surface area contributed by atoms with Gasteiger partial charge >= 0.3 is 0 Å². The van der Waals surface area contributed by atoms with Gasteiger partial charge in [-0.05, 0) is 17.7 Å². The Morgan fingerprint density at radius 2 is 1.65 bits per heavy atom. The second-order valence-corrected chi connectivity index (χ2v) is 4.56. The van der Waals surface area contributed by atoms with Gasteiger partial charge in [-0.1, -0.05) is 42.5 Å². The minimum Gasteiger partial charge on any atom is -0.485 e. The van der Waals surface area contributed by atoms with E-state index in [4.69, 9.17) is 9.57 Å². The number of β-lactam (4-membered cyclic amide) rings is 1. The molecule has 0 bridgehead atoms. The summed E-state index contributed by atoms with van der Waals surface area (Å²) in [5, 5.41) is 1.35. The van der Waals surface area contributed by atoms with E-state index in [1.54, 1.807) is 6.07 Å². The zero-order valence-electron chi connectivity index (χ0n) is 11.0. The van der Waals surface area contributed by atoms with Gasteiger partial charge in [0, 0.05) is 0 Å². The van der Waals surface area contributed by atoms with Crippen LogP contribution < -0.4 is 9.57 Å². The van der Waals surface area contributed by atoms with E-state index in [2.05, 4.69) is 0 Å². The standard InChI is InChI=1S/C16H15NO3/c18-16-10-11-17(16)20-15-9-5-4-8-14(15)19-12-13-6-2-1-3-7-13/h1-9H,10-12H2. The molecule has 2 aromatic rings. The number of para-hydroxylation sites is 2. The summed E-state index contributed by atoms with van der Waals surface area (Å²) in [6.45, 7) is 1.10. The number of rotatable bonds is 5. The normalized spacial score (nSPS) is 13.8. The van der Waals surface area contributed by atoms with Crippen LogP contribution in [0.2, 0.25) is 0 Å². The van der Waals surface area contributed by atoms with Crippen molar-refractivity contribution in [2.45, 2.75) is 13.0 Å². The lowest BCUT2D eigenvalue weighted by atomic mass is 10.2. The zero-order valence-corrected chi connectivity index (χ0v) is 11.0. The first-order valence-electron chi connectivity index (χ1n) is 6.57. The molecule has 102 valence electrons. The minimum absolute atomic E-state index is 0.00265. The number of hydrogen-bond donors (Lipinski definition) is 0. The molecule has 4 heteroatoms. The number of hydroxylamine groups is 2. The van der Waals surface area contributed by atoms with Crippen LogP contribution in [0.3, 0.4) is 0 Å². The molecule has 1 fully saturated rings. The van der Waals surface area contributed by atoms with E-state index in [0.717, 1.165) is 5.56 Å². The highest BCUT2D eigenvalue weighted by Crippen LogP contribution is 2.29. The average Bonchev–Trinajstić information content (AvgIpc) is 2.51. The quantitative estimate of drug-likeness (QED) is 0.783. The lowest BCUT2D eigenvalue weighted by Crippen LogP contribution is -2.45. The van der Waals surface area contributed by atoms with Gasteiger partial charge in [-0.2, -0.15) is 5.06 Å². The van der Waals surface area contributed by atoms with Crippen LogP contribution in [0.5, 0.6) is 11.5 Å². The van der Waals surface area contributed by atoms with Gasteiger partial charge in [0.15, 0.2) is 11.5 Å². The molecule has 1 saturated heterocycles. The van der Waals surface area contributed by atoms with Gasteiger partial charge in [0.2, 0.25) is 0 Å². The van der Waals surface area contributed by atoms with E-state index in [1.165, 1.54) is 5.06 Å². The van der Waals surface area contributed by atoms with Gasteiger partial charge in [-0.15, -0.1) is 0 Å². The molecule has 3 rings (SSSR count). The second kappa shape index (κ2) is 5.65. The molecule has 0 spiro atoms. The largest absolute Gasteiger partial charge is 0.485 e. The predicted molar refractivity (Wildman–Crippen MR) is 74.2 cm³/mol. The van der Waals surface area contributed by atoms with Crippen molar-refractivity contribution in [3.8, 4) is 11.5 Å². The van der Waals surface area contributed by atoms with Crippen molar-refractivity contribution in [1.29, 1.82) is 0 Å². The Kier molecular flexibility index (Phi) is 3.54. The monoisotopic (exact) mass is 269 g/mol. The molecular formula is C16H15NO3. The summed E-state index contributed by atoms with van der Waals surface area (Å²) in [7, 11) is 0. The van der Waals surface area contributed by atoms with Gasteiger partial charge in [0.1, 0.15) is 6.61 Å². The number of amides is 1. The van der Waals surface area contributed by atoms with Crippen molar-refractivity contribution in [1.82, 2.24) is 5.06 Å². The molecule has 0 N–H and O–H groups in total. The summed E-state index contributed by atoms with van der Waals surface area (Å²) in [4.78, 5) is 16.8. The molecule has 20 heavy (non-hydrogen) atoms. The molecule has 0 saturated carbocycles. The van der Waals surface area contributed by atoms with E-state index in [-0.39, 0.29) is 5.91 Å². The van der Waals surface area contributed by atoms with Crippen molar-refractivity contribution in [3.05, 3.63) is 60.2 Å². The third kappa shape index (κ3) is 2.74. The van der Waals surface area contributed by atoms with Gasteiger partial charge in [0.05, 0.1) is 13.0 Å². The number of carbonyl (C=O) groups excluding carboxylic acids is 1. The van der Waals surface area contributed by atoms with Crippen LogP contribution in [0.25, 0.3) is 0 Å². The van der Waals surface area contributed by atoms with Crippen molar-refractivity contribution >= 4 is 5.91 Å². The Labute approximate surface area is 117 Å². The molecule has 0 atom stereocenters. The van der Waals surface area contributed by atoms with E-state index in [1.807, 2.05) is 48.5 Å². The Morgan fingerprint density at radius 3 is 2.30 bits per heavy atom. The Balaban J connectivity index is 1.68. The topological polar surface area (TPSA) is 38.8 Å². The highest BCUT2D eigenvalue weighted by Gasteiger charge is 2.26. The lowest BCUT2D eigenvalue weighted by Gasteiger charge is -2.29. The minimum atomic E-state index is 0.00265. The zero-order chi connectivity index (χ0) is 13.8. The van der Waals surface area contributed by atoms with E-state index in [9.17, 15) is 4.79 Å². The van der Waals surface area contributed by atoms with Gasteiger partial charge < -0.3 is 9.57 Å². The van der Waals surface area contributed by atoms with Crippen LogP contribution in [0, 0.1) is 0 Å². The molecule has 0 aliphatic carbocycles. The van der Waals surface area contributed by atoms with Gasteiger partial charge in [-0.3, -0.25) is 4.79 Å². The smallest absolute Gasteiger partial charge is 0.257 e. The highest BCUT2D eigenvalue weighted by atomic mass is 16.7. The van der Waals surface area contributed by atoms with Crippen LogP contribution in [0.15, 0.2) is 54.6 Å². The third-order valence-corrected chi connectivity index (χ3v) is 3.10. The molecule has 0 unspecified atom stereocenters. The van der Waals surface area contributed by atoms with Gasteiger partial charge in [0.25, 0.3) is 5.91 Å². The number of carbonyl (C=O) groups is 1. The number of nitrogens with zero attached hydrogens (tertiary/aromatic N) is 1. The Morgan fingerprint density at radius 1 is 0.950 bits per heavy atom. The van der Waals surface area contributed by atoms with Crippen molar-refractivity contribution < 1.29 is 14.4 Å². The number of hydrogen-bond acceptors (Lipinski definition) is 3. The first kappa shape index (κ1) is 12.5. The summed E-state index contributed by atoms with van der Waals surface area (Å²) in [5.74, 6) is 1.20. The van der Waals surface area contributed by atoms with Crippen LogP contribution in [-0.4, -0.2) is 17.5 Å². The molecule has 2 aromatic carbocycles. The van der Waals surface area contributed by atoms with Crippen LogP contribution >= 0.6 is 0 Å². The summed E-state index contributed by atoms with van der Waals surface area (Å²) >= 11 is 0. The summed E-state index contributed by atoms with van der Waals surface area (Å²) in [6.07, 6.45) is 0.549. The summed E-state index contributed by atoms with van der Waals surface area (Å²) < 4.78 is 5.76. The fourth-order valence-electron chi connectivity index (χ4n) is 1.89. The third-order valence-electron chi connectivity index (χ3n) is 3.10. The molecular weight excluding hydrogens is 254 g/mol. The lowest BCUT2D eigenvalue weighted by molar-refractivity contribution is -0.174. The molecule has 1 heterocycles. The van der Waals surface area contributed by atoms with Crippen LogP contribution in [0.1, 0.15) is 12.0 Å². The molecule has 1 amide bonds. The summed E-state index contributed by atoms with van der Waals surface area (Å²) in [6, 6.07) is 17.3. The first-order valence-corrected chi connectivity index (χ1v) is 6.57. The molecule has 4 nitrogen and oxygen atoms in total. The van der Waals surface area contributed by atoms with E-state index >= 15 is 0 Å². The fourth-order valence-corrected chi connectivity index (χ4v) is 1.89. The first-order chi connectivity index (χ1) is 9.83. The molecule has 1 aliphatic heterocycles. The van der Waals surface area contributed by atoms with Crippen LogP contribution in [-0.2, 0) is 11.4 Å². The maximum atomic E-state index is 11.3. The highest BCUT2D eigenvalue weighted by molar-refractivity contribution is 5.80. The summed E-state index contributed by atoms with van der Waals surface area (Å²) in [5.41, 5.74) is 1.09. The SMILES string of the molecule is O=C1CCN1Oc1ccccc1OCc1ccccc1.